The third-order valence-corrected chi connectivity index (χ3v) is 6.50. The SMILES string of the molecule is CC1(C)CCN(c2cc(NC3=NCCN3)cc(-c3cnc4[nH]cc(C(=O)C(C)(C)C)c4n3)c2)C1. The first-order chi connectivity index (χ1) is 16.1. The Morgan fingerprint density at radius 3 is 2.71 bits per heavy atom. The molecule has 0 radical (unpaired) electrons. The Morgan fingerprint density at radius 1 is 1.21 bits per heavy atom. The molecule has 3 N–H and O–H groups in total. The molecular formula is C26H33N7O. The van der Waals surface area contributed by atoms with E-state index in [1.54, 1.807) is 12.4 Å². The van der Waals surface area contributed by atoms with E-state index in [2.05, 4.69) is 62.5 Å². The predicted octanol–water partition coefficient (Wildman–Crippen LogP) is 4.46. The topological polar surface area (TPSA) is 98.3 Å². The molecule has 8 nitrogen and oxygen atoms in total. The van der Waals surface area contributed by atoms with E-state index in [1.807, 2.05) is 20.8 Å². The lowest BCUT2D eigenvalue weighted by Crippen LogP contribution is -2.26. The highest BCUT2D eigenvalue weighted by molar-refractivity contribution is 6.08. The molecule has 0 atom stereocenters. The van der Waals surface area contributed by atoms with Crippen LogP contribution in [0.25, 0.3) is 22.4 Å². The summed E-state index contributed by atoms with van der Waals surface area (Å²) >= 11 is 0. The number of guanidine groups is 1. The average molecular weight is 460 g/mol. The van der Waals surface area contributed by atoms with Crippen molar-refractivity contribution in [2.75, 3.05) is 36.4 Å². The van der Waals surface area contributed by atoms with Gasteiger partial charge in [0.05, 0.1) is 24.0 Å². The van der Waals surface area contributed by atoms with Gasteiger partial charge in [-0.3, -0.25) is 9.79 Å². The summed E-state index contributed by atoms with van der Waals surface area (Å²) in [5.74, 6) is 0.834. The second kappa shape index (κ2) is 8.11. The summed E-state index contributed by atoms with van der Waals surface area (Å²) in [7, 11) is 0. The fourth-order valence-corrected chi connectivity index (χ4v) is 4.57. The van der Waals surface area contributed by atoms with E-state index in [0.29, 0.717) is 16.7 Å². The number of hydrogen-bond donors (Lipinski definition) is 3. The Hall–Kier alpha value is -3.42. The fraction of sp³-hybridized carbons (Fsp3) is 0.462. The molecule has 0 unspecified atom stereocenters. The smallest absolute Gasteiger partial charge is 0.195 e. The molecule has 4 heterocycles. The Labute approximate surface area is 200 Å². The Balaban J connectivity index is 1.57. The monoisotopic (exact) mass is 459 g/mol. The van der Waals surface area contributed by atoms with Gasteiger partial charge in [-0.1, -0.05) is 34.6 Å². The Morgan fingerprint density at radius 2 is 2.03 bits per heavy atom. The minimum atomic E-state index is -0.499. The number of hydrogen-bond acceptors (Lipinski definition) is 7. The zero-order valence-corrected chi connectivity index (χ0v) is 20.6. The van der Waals surface area contributed by atoms with Crippen molar-refractivity contribution < 1.29 is 4.79 Å². The van der Waals surface area contributed by atoms with Crippen molar-refractivity contribution in [1.29, 1.82) is 0 Å². The number of Topliss-reactive ketones (excluding diaryl/α,β-unsaturated/α-hetero) is 1. The van der Waals surface area contributed by atoms with Gasteiger partial charge in [-0.05, 0) is 30.0 Å². The van der Waals surface area contributed by atoms with Crippen LogP contribution in [0, 0.1) is 10.8 Å². The molecule has 0 amide bonds. The zero-order chi connectivity index (χ0) is 24.1. The molecule has 1 fully saturated rings. The lowest BCUT2D eigenvalue weighted by molar-refractivity contribution is 0.0860. The molecule has 1 aromatic carbocycles. The lowest BCUT2D eigenvalue weighted by atomic mass is 9.87. The van der Waals surface area contributed by atoms with Crippen molar-refractivity contribution in [3.05, 3.63) is 36.2 Å². The molecule has 8 heteroatoms. The van der Waals surface area contributed by atoms with E-state index in [1.165, 1.54) is 0 Å². The first-order valence-corrected chi connectivity index (χ1v) is 11.9. The highest BCUT2D eigenvalue weighted by Gasteiger charge is 2.30. The number of nitrogens with zero attached hydrogens (tertiary/aromatic N) is 4. The number of rotatable bonds is 4. The van der Waals surface area contributed by atoms with E-state index >= 15 is 0 Å². The van der Waals surface area contributed by atoms with Crippen molar-refractivity contribution >= 4 is 34.3 Å². The average Bonchev–Trinajstić information content (AvgIpc) is 3.51. The van der Waals surface area contributed by atoms with Gasteiger partial charge in [0.1, 0.15) is 5.52 Å². The number of aromatic nitrogens is 3. The summed E-state index contributed by atoms with van der Waals surface area (Å²) in [4.78, 5) is 32.5. The van der Waals surface area contributed by atoms with Crippen LogP contribution in [-0.2, 0) is 0 Å². The third-order valence-electron chi connectivity index (χ3n) is 6.50. The van der Waals surface area contributed by atoms with Crippen LogP contribution in [0.15, 0.2) is 35.6 Å². The molecule has 0 aliphatic carbocycles. The maximum absolute atomic E-state index is 13.0. The number of ketones is 1. The molecule has 2 aromatic heterocycles. The van der Waals surface area contributed by atoms with Gasteiger partial charge in [0.15, 0.2) is 17.4 Å². The third kappa shape index (κ3) is 4.36. The lowest BCUT2D eigenvalue weighted by Gasteiger charge is -2.23. The van der Waals surface area contributed by atoms with E-state index < -0.39 is 5.41 Å². The minimum Gasteiger partial charge on any atom is -0.371 e. The number of fused-ring (bicyclic) bond motifs is 1. The number of nitrogens with one attached hydrogen (secondary N) is 3. The summed E-state index contributed by atoms with van der Waals surface area (Å²) in [5.41, 5.74) is 5.38. The van der Waals surface area contributed by atoms with Crippen molar-refractivity contribution in [2.24, 2.45) is 15.8 Å². The van der Waals surface area contributed by atoms with Crippen LogP contribution in [0.3, 0.4) is 0 Å². The van der Waals surface area contributed by atoms with Crippen LogP contribution in [0.5, 0.6) is 0 Å². The highest BCUT2D eigenvalue weighted by Crippen LogP contribution is 2.36. The second-order valence-electron chi connectivity index (χ2n) is 11.1. The second-order valence-corrected chi connectivity index (χ2v) is 11.1. The standard InChI is InChI=1S/C26H33N7O/c1-25(2,3)22(34)19-13-29-23-21(19)32-20(14-30-23)16-10-17(31-24-27-7-8-28-24)12-18(11-16)33-9-6-26(4,5)15-33/h10-14H,6-9,15H2,1-5H3,(H,29,30)(H2,27,28,31). The molecule has 0 spiro atoms. The number of benzene rings is 1. The first kappa shape index (κ1) is 22.4. The van der Waals surface area contributed by atoms with Crippen LogP contribution < -0.4 is 15.5 Å². The minimum absolute atomic E-state index is 0.0472. The maximum Gasteiger partial charge on any atom is 0.195 e. The highest BCUT2D eigenvalue weighted by atomic mass is 16.1. The van der Waals surface area contributed by atoms with Gasteiger partial charge in [-0.15, -0.1) is 0 Å². The maximum atomic E-state index is 13.0. The summed E-state index contributed by atoms with van der Waals surface area (Å²) < 4.78 is 0. The summed E-state index contributed by atoms with van der Waals surface area (Å²) in [5, 5.41) is 6.70. The molecule has 0 saturated carbocycles. The van der Waals surface area contributed by atoms with Crippen molar-refractivity contribution in [1.82, 2.24) is 20.3 Å². The van der Waals surface area contributed by atoms with Gasteiger partial charge < -0.3 is 20.5 Å². The van der Waals surface area contributed by atoms with Crippen LogP contribution in [-0.4, -0.2) is 52.9 Å². The van der Waals surface area contributed by atoms with Crippen molar-refractivity contribution in [2.45, 2.75) is 41.0 Å². The van der Waals surface area contributed by atoms with Crippen LogP contribution in [0.1, 0.15) is 51.4 Å². The van der Waals surface area contributed by atoms with Gasteiger partial charge in [-0.2, -0.15) is 0 Å². The molecule has 5 rings (SSSR count). The van der Waals surface area contributed by atoms with Gasteiger partial charge >= 0.3 is 0 Å². The van der Waals surface area contributed by atoms with E-state index in [9.17, 15) is 4.79 Å². The van der Waals surface area contributed by atoms with E-state index in [4.69, 9.17) is 4.98 Å². The van der Waals surface area contributed by atoms with Crippen LogP contribution in [0.4, 0.5) is 11.4 Å². The number of H-pyrrole nitrogens is 1. The quantitative estimate of drug-likeness (QED) is 0.498. The molecule has 2 aliphatic heterocycles. The molecule has 0 bridgehead atoms. The van der Waals surface area contributed by atoms with E-state index in [0.717, 1.165) is 61.2 Å². The molecule has 178 valence electrons. The van der Waals surface area contributed by atoms with E-state index in [-0.39, 0.29) is 11.2 Å². The summed E-state index contributed by atoms with van der Waals surface area (Å²) in [6, 6.07) is 6.41. The molecule has 1 saturated heterocycles. The molecule has 2 aliphatic rings. The number of carbonyl (C=O) groups excluding carboxylic acids is 1. The molecule has 3 aromatic rings. The number of aliphatic imine (C=N–C) groups is 1. The number of anilines is 2. The summed E-state index contributed by atoms with van der Waals surface area (Å²) in [6.07, 6.45) is 4.65. The van der Waals surface area contributed by atoms with Gasteiger partial charge in [0, 0.05) is 48.2 Å². The fourth-order valence-electron chi connectivity index (χ4n) is 4.57. The van der Waals surface area contributed by atoms with Crippen molar-refractivity contribution in [3.8, 4) is 11.3 Å². The normalized spacial score (nSPS) is 17.7. The van der Waals surface area contributed by atoms with Crippen LogP contribution >= 0.6 is 0 Å². The molecular weight excluding hydrogens is 426 g/mol. The Kier molecular flexibility index (Phi) is 5.34. The van der Waals surface area contributed by atoms with Crippen molar-refractivity contribution in [3.63, 3.8) is 0 Å². The number of carbonyl (C=O) groups is 1. The zero-order valence-electron chi connectivity index (χ0n) is 20.6. The number of aromatic amines is 1. The largest absolute Gasteiger partial charge is 0.371 e. The Bertz CT molecular complexity index is 1280. The van der Waals surface area contributed by atoms with Gasteiger partial charge in [-0.25, -0.2) is 9.97 Å². The van der Waals surface area contributed by atoms with Crippen LogP contribution in [0.2, 0.25) is 0 Å². The predicted molar refractivity (Wildman–Crippen MR) is 138 cm³/mol. The van der Waals surface area contributed by atoms with Gasteiger partial charge in [0.2, 0.25) is 0 Å². The molecule has 34 heavy (non-hydrogen) atoms. The van der Waals surface area contributed by atoms with Gasteiger partial charge in [0.25, 0.3) is 0 Å². The first-order valence-electron chi connectivity index (χ1n) is 11.9. The summed E-state index contributed by atoms with van der Waals surface area (Å²) in [6.45, 7) is 14.0.